The molecule has 2 aromatic carbocycles. The summed E-state index contributed by atoms with van der Waals surface area (Å²) in [4.78, 5) is 0. The maximum absolute atomic E-state index is 14.9. The topological polar surface area (TPSA) is 9.23 Å². The van der Waals surface area contributed by atoms with Crippen LogP contribution in [0.5, 0.6) is 0 Å². The van der Waals surface area contributed by atoms with E-state index in [0.717, 1.165) is 7.11 Å². The standard InChI is InChI=1S/C13H13F2OP/c1-16-17(14,15,12-8-4-2-5-9-12)13-10-6-3-7-11-13/h2-11H,1H3. The molecule has 0 N–H and O–H groups in total. The van der Waals surface area contributed by atoms with Gasteiger partial charge in [-0.2, -0.15) is 0 Å². The number of halogens is 2. The van der Waals surface area contributed by atoms with Crippen molar-refractivity contribution >= 4 is 18.1 Å². The fourth-order valence-electron chi connectivity index (χ4n) is 1.71. The molecule has 0 aliphatic carbocycles. The molecule has 2 rings (SSSR count). The Morgan fingerprint density at radius 3 is 1.41 bits per heavy atom. The van der Waals surface area contributed by atoms with Crippen molar-refractivity contribution in [3.63, 3.8) is 0 Å². The van der Waals surface area contributed by atoms with Gasteiger partial charge in [0.2, 0.25) is 0 Å². The summed E-state index contributed by atoms with van der Waals surface area (Å²) in [5, 5.41) is -0.0978. The van der Waals surface area contributed by atoms with Crippen LogP contribution in [0, 0.1) is 0 Å². The zero-order chi connectivity index (χ0) is 12.4. The normalized spacial score (nSPS) is 13.9. The van der Waals surface area contributed by atoms with Gasteiger partial charge >= 0.3 is 98.8 Å². The Balaban J connectivity index is 2.65. The molecule has 1 nitrogen and oxygen atoms in total. The van der Waals surface area contributed by atoms with Gasteiger partial charge in [-0.1, -0.05) is 0 Å². The molecule has 0 amide bonds. The molecule has 0 unspecified atom stereocenters. The summed E-state index contributed by atoms with van der Waals surface area (Å²) in [5.74, 6) is 0. The van der Waals surface area contributed by atoms with Crippen molar-refractivity contribution in [1.29, 1.82) is 0 Å². The van der Waals surface area contributed by atoms with E-state index < -0.39 is 7.45 Å². The molecule has 0 saturated carbocycles. The summed E-state index contributed by atoms with van der Waals surface area (Å²) in [6.07, 6.45) is 0. The van der Waals surface area contributed by atoms with Gasteiger partial charge in [0.05, 0.1) is 0 Å². The molecule has 0 spiro atoms. The Morgan fingerprint density at radius 1 is 0.765 bits per heavy atom. The van der Waals surface area contributed by atoms with E-state index in [1.165, 1.54) is 24.3 Å². The second-order valence-electron chi connectivity index (χ2n) is 3.69. The Hall–Kier alpha value is -1.31. The molecule has 0 atom stereocenters. The summed E-state index contributed by atoms with van der Waals surface area (Å²) < 4.78 is 34.5. The van der Waals surface area contributed by atoms with Crippen molar-refractivity contribution in [3.8, 4) is 0 Å². The molecule has 0 fully saturated rings. The molecule has 4 heteroatoms. The van der Waals surface area contributed by atoms with Gasteiger partial charge in [-0.15, -0.1) is 0 Å². The first kappa shape index (κ1) is 12.2. The third kappa shape index (κ3) is 1.97. The van der Waals surface area contributed by atoms with E-state index in [4.69, 9.17) is 4.52 Å². The molecular weight excluding hydrogens is 241 g/mol. The number of rotatable bonds is 3. The Labute approximate surface area is 99.3 Å². The first-order valence-electron chi connectivity index (χ1n) is 5.20. The van der Waals surface area contributed by atoms with Crippen molar-refractivity contribution in [3.05, 3.63) is 60.7 Å². The predicted octanol–water partition coefficient (Wildman–Crippen LogP) is 3.52. The summed E-state index contributed by atoms with van der Waals surface area (Å²) in [5.41, 5.74) is 0. The van der Waals surface area contributed by atoms with Crippen LogP contribution in [0.2, 0.25) is 0 Å². The van der Waals surface area contributed by atoms with Crippen LogP contribution in [-0.2, 0) is 4.52 Å². The van der Waals surface area contributed by atoms with E-state index >= 15 is 0 Å². The van der Waals surface area contributed by atoms with Crippen LogP contribution in [0.1, 0.15) is 0 Å². The Kier molecular flexibility index (Phi) is 2.98. The SMILES string of the molecule is COP(F)(F)(c1ccccc1)c1ccccc1. The van der Waals surface area contributed by atoms with Crippen LogP contribution in [0.25, 0.3) is 0 Å². The van der Waals surface area contributed by atoms with Crippen LogP contribution in [0.15, 0.2) is 60.7 Å². The summed E-state index contributed by atoms with van der Waals surface area (Å²) in [7, 11) is -4.39. The second kappa shape index (κ2) is 4.17. The van der Waals surface area contributed by atoms with E-state index in [-0.39, 0.29) is 10.6 Å². The fraction of sp³-hybridized carbons (Fsp3) is 0.0769. The van der Waals surface area contributed by atoms with Crippen molar-refractivity contribution < 1.29 is 12.9 Å². The molecule has 0 aliphatic rings. The van der Waals surface area contributed by atoms with Gasteiger partial charge in [-0.25, -0.2) is 0 Å². The fourth-order valence-corrected chi connectivity index (χ4v) is 3.77. The molecule has 0 aromatic heterocycles. The van der Waals surface area contributed by atoms with E-state index in [0.29, 0.717) is 0 Å². The van der Waals surface area contributed by atoms with Gasteiger partial charge in [0.1, 0.15) is 0 Å². The number of benzene rings is 2. The summed E-state index contributed by atoms with van der Waals surface area (Å²) in [6, 6.07) is 15.4. The first-order valence-corrected chi connectivity index (χ1v) is 7.13. The van der Waals surface area contributed by atoms with Crippen molar-refractivity contribution in [2.24, 2.45) is 0 Å². The van der Waals surface area contributed by atoms with Gasteiger partial charge < -0.3 is 0 Å². The average molecular weight is 254 g/mol. The Bertz CT molecular complexity index is 456. The second-order valence-corrected chi connectivity index (χ2v) is 6.75. The van der Waals surface area contributed by atoms with Crippen LogP contribution >= 0.6 is 7.45 Å². The van der Waals surface area contributed by atoms with Gasteiger partial charge in [0.25, 0.3) is 0 Å². The molecule has 90 valence electrons. The predicted molar refractivity (Wildman–Crippen MR) is 68.3 cm³/mol. The monoisotopic (exact) mass is 254 g/mol. The molecular formula is C13H13F2OP. The van der Waals surface area contributed by atoms with Crippen molar-refractivity contribution in [1.82, 2.24) is 0 Å². The third-order valence-corrected chi connectivity index (χ3v) is 5.65. The van der Waals surface area contributed by atoms with Crippen LogP contribution in [0.4, 0.5) is 8.39 Å². The van der Waals surface area contributed by atoms with Crippen LogP contribution < -0.4 is 10.6 Å². The summed E-state index contributed by atoms with van der Waals surface area (Å²) in [6.45, 7) is 0. The maximum atomic E-state index is 14.9. The zero-order valence-corrected chi connectivity index (χ0v) is 10.3. The zero-order valence-electron chi connectivity index (χ0n) is 9.38. The molecule has 0 heterocycles. The summed E-state index contributed by atoms with van der Waals surface area (Å²) >= 11 is 0. The minimum atomic E-state index is -5.46. The van der Waals surface area contributed by atoms with Gasteiger partial charge in [0.15, 0.2) is 0 Å². The quantitative estimate of drug-likeness (QED) is 0.761. The molecule has 0 aliphatic heterocycles. The number of hydrogen-bond donors (Lipinski definition) is 0. The van der Waals surface area contributed by atoms with Gasteiger partial charge in [-0.3, -0.25) is 0 Å². The van der Waals surface area contributed by atoms with Crippen molar-refractivity contribution in [2.45, 2.75) is 0 Å². The molecule has 0 radical (unpaired) electrons. The van der Waals surface area contributed by atoms with E-state index in [1.54, 1.807) is 36.4 Å². The molecule has 2 aromatic rings. The molecule has 0 saturated heterocycles. The van der Waals surface area contributed by atoms with E-state index in [1.807, 2.05) is 0 Å². The third-order valence-electron chi connectivity index (χ3n) is 2.69. The van der Waals surface area contributed by atoms with Crippen LogP contribution in [-0.4, -0.2) is 7.11 Å². The Morgan fingerprint density at radius 2 is 1.12 bits per heavy atom. The number of hydrogen-bond acceptors (Lipinski definition) is 1. The molecule has 17 heavy (non-hydrogen) atoms. The van der Waals surface area contributed by atoms with Crippen LogP contribution in [0.3, 0.4) is 0 Å². The van der Waals surface area contributed by atoms with Gasteiger partial charge in [-0.05, 0) is 0 Å². The first-order chi connectivity index (χ1) is 8.07. The van der Waals surface area contributed by atoms with E-state index in [2.05, 4.69) is 0 Å². The van der Waals surface area contributed by atoms with Gasteiger partial charge in [0, 0.05) is 0 Å². The van der Waals surface area contributed by atoms with E-state index in [9.17, 15) is 8.39 Å². The van der Waals surface area contributed by atoms with Crippen molar-refractivity contribution in [2.75, 3.05) is 7.11 Å². The minimum absolute atomic E-state index is 0.0489. The average Bonchev–Trinajstić information content (AvgIpc) is 2.41. The molecule has 0 bridgehead atoms.